The largest absolute Gasteiger partial charge is 0.358 e. The average Bonchev–Trinajstić information content (AvgIpc) is 3.14. The summed E-state index contributed by atoms with van der Waals surface area (Å²) in [7, 11) is 1.82. The molecule has 1 aliphatic carbocycles. The van der Waals surface area contributed by atoms with Gasteiger partial charge in [0.2, 0.25) is 0 Å². The number of para-hydroxylation sites is 1. The molecule has 100 valence electrons. The van der Waals surface area contributed by atoms with Gasteiger partial charge in [-0.3, -0.25) is 4.99 Å². The molecule has 0 aliphatic heterocycles. The van der Waals surface area contributed by atoms with Gasteiger partial charge in [0.25, 0.3) is 0 Å². The van der Waals surface area contributed by atoms with E-state index < -0.39 is 0 Å². The molecule has 19 heavy (non-hydrogen) atoms. The van der Waals surface area contributed by atoms with Crippen LogP contribution in [-0.4, -0.2) is 30.6 Å². The van der Waals surface area contributed by atoms with E-state index in [4.69, 9.17) is 0 Å². The van der Waals surface area contributed by atoms with Gasteiger partial charge >= 0.3 is 0 Å². The third-order valence-corrected chi connectivity index (χ3v) is 3.41. The number of nitrogens with one attached hydrogen (secondary N) is 3. The Morgan fingerprint density at radius 2 is 2.21 bits per heavy atom. The molecule has 0 bridgehead atoms. The van der Waals surface area contributed by atoms with E-state index in [0.717, 1.165) is 18.9 Å². The molecule has 1 saturated carbocycles. The van der Waals surface area contributed by atoms with Crippen LogP contribution in [0.5, 0.6) is 0 Å². The van der Waals surface area contributed by atoms with Crippen LogP contribution in [0.3, 0.4) is 0 Å². The minimum Gasteiger partial charge on any atom is -0.358 e. The van der Waals surface area contributed by atoms with Crippen LogP contribution in [0.2, 0.25) is 0 Å². The number of hydrogen-bond donors (Lipinski definition) is 3. The van der Waals surface area contributed by atoms with Crippen molar-refractivity contribution in [2.45, 2.75) is 25.3 Å². The molecule has 0 saturated heterocycles. The second-order valence-corrected chi connectivity index (χ2v) is 5.05. The number of hydrogen-bond acceptors (Lipinski definition) is 1. The van der Waals surface area contributed by atoms with Gasteiger partial charge < -0.3 is 15.6 Å². The minimum absolute atomic E-state index is 0.638. The van der Waals surface area contributed by atoms with Crippen LogP contribution >= 0.6 is 0 Å². The first kappa shape index (κ1) is 12.1. The number of nitrogens with zero attached hydrogens (tertiary/aromatic N) is 1. The van der Waals surface area contributed by atoms with Crippen LogP contribution in [0.15, 0.2) is 35.3 Å². The fraction of sp³-hybridized carbons (Fsp3) is 0.400. The van der Waals surface area contributed by atoms with E-state index in [-0.39, 0.29) is 0 Å². The Labute approximate surface area is 113 Å². The van der Waals surface area contributed by atoms with Gasteiger partial charge in [0.15, 0.2) is 5.96 Å². The van der Waals surface area contributed by atoms with Gasteiger partial charge in [-0.05, 0) is 30.4 Å². The lowest BCUT2D eigenvalue weighted by atomic mass is 10.2. The van der Waals surface area contributed by atoms with E-state index >= 15 is 0 Å². The molecule has 1 heterocycles. The van der Waals surface area contributed by atoms with Crippen LogP contribution in [0, 0.1) is 0 Å². The lowest BCUT2D eigenvalue weighted by Crippen LogP contribution is -2.39. The Morgan fingerprint density at radius 3 is 2.95 bits per heavy atom. The monoisotopic (exact) mass is 256 g/mol. The zero-order valence-corrected chi connectivity index (χ0v) is 11.2. The summed E-state index contributed by atoms with van der Waals surface area (Å²) in [5.74, 6) is 0.915. The van der Waals surface area contributed by atoms with Gasteiger partial charge in [-0.25, -0.2) is 0 Å². The van der Waals surface area contributed by atoms with Crippen LogP contribution < -0.4 is 10.6 Å². The van der Waals surface area contributed by atoms with Crippen LogP contribution in [-0.2, 0) is 6.42 Å². The molecule has 4 nitrogen and oxygen atoms in total. The summed E-state index contributed by atoms with van der Waals surface area (Å²) in [6, 6.07) is 11.2. The number of aromatic amines is 1. The quantitative estimate of drug-likeness (QED) is 0.579. The zero-order chi connectivity index (χ0) is 13.1. The van der Waals surface area contributed by atoms with Crippen molar-refractivity contribution in [1.29, 1.82) is 0 Å². The molecule has 0 unspecified atom stereocenters. The molecular weight excluding hydrogens is 236 g/mol. The maximum Gasteiger partial charge on any atom is 0.191 e. The minimum atomic E-state index is 0.638. The molecule has 3 N–H and O–H groups in total. The summed E-state index contributed by atoms with van der Waals surface area (Å²) in [6.07, 6.45) is 3.51. The first-order chi connectivity index (χ1) is 9.35. The zero-order valence-electron chi connectivity index (χ0n) is 11.2. The molecule has 0 atom stereocenters. The lowest BCUT2D eigenvalue weighted by molar-refractivity contribution is 0.785. The molecule has 0 spiro atoms. The fourth-order valence-corrected chi connectivity index (χ4v) is 2.20. The summed E-state index contributed by atoms with van der Waals surface area (Å²) in [5, 5.41) is 8.01. The van der Waals surface area contributed by atoms with E-state index in [0.29, 0.717) is 6.04 Å². The highest BCUT2D eigenvalue weighted by molar-refractivity contribution is 5.81. The first-order valence-electron chi connectivity index (χ1n) is 6.89. The van der Waals surface area contributed by atoms with Gasteiger partial charge in [0.05, 0.1) is 0 Å². The molecule has 4 heteroatoms. The Bertz CT molecular complexity index is 548. The van der Waals surface area contributed by atoms with Crippen molar-refractivity contribution < 1.29 is 0 Å². The smallest absolute Gasteiger partial charge is 0.191 e. The van der Waals surface area contributed by atoms with Crippen molar-refractivity contribution in [3.05, 3.63) is 36.0 Å². The summed E-state index contributed by atoms with van der Waals surface area (Å²) >= 11 is 0. The van der Waals surface area contributed by atoms with Crippen molar-refractivity contribution in [2.75, 3.05) is 13.6 Å². The summed E-state index contributed by atoms with van der Waals surface area (Å²) < 4.78 is 0. The molecule has 0 amide bonds. The summed E-state index contributed by atoms with van der Waals surface area (Å²) in [5.41, 5.74) is 2.47. The van der Waals surface area contributed by atoms with Gasteiger partial charge in [-0.1, -0.05) is 18.2 Å². The summed E-state index contributed by atoms with van der Waals surface area (Å²) in [6.45, 7) is 0.888. The van der Waals surface area contributed by atoms with Crippen molar-refractivity contribution in [1.82, 2.24) is 15.6 Å². The molecule has 1 aromatic carbocycles. The Morgan fingerprint density at radius 1 is 1.37 bits per heavy atom. The molecule has 1 aromatic heterocycles. The maximum absolute atomic E-state index is 4.23. The predicted molar refractivity (Wildman–Crippen MR) is 79.5 cm³/mol. The normalized spacial score (nSPS) is 15.7. The van der Waals surface area contributed by atoms with Gasteiger partial charge in [0, 0.05) is 37.3 Å². The Kier molecular flexibility index (Phi) is 3.40. The van der Waals surface area contributed by atoms with Gasteiger partial charge in [0.1, 0.15) is 0 Å². The van der Waals surface area contributed by atoms with E-state index in [2.05, 4.69) is 50.9 Å². The van der Waals surface area contributed by atoms with Crippen LogP contribution in [0.25, 0.3) is 10.9 Å². The average molecular weight is 256 g/mol. The number of aromatic nitrogens is 1. The fourth-order valence-electron chi connectivity index (χ4n) is 2.20. The first-order valence-corrected chi connectivity index (χ1v) is 6.89. The predicted octanol–water partition coefficient (Wildman–Crippen LogP) is 2.04. The molecule has 1 fully saturated rings. The van der Waals surface area contributed by atoms with Crippen LogP contribution in [0.1, 0.15) is 18.5 Å². The van der Waals surface area contributed by atoms with E-state index in [1.165, 1.54) is 29.4 Å². The van der Waals surface area contributed by atoms with E-state index in [9.17, 15) is 0 Å². The van der Waals surface area contributed by atoms with E-state index in [1.807, 2.05) is 7.05 Å². The van der Waals surface area contributed by atoms with Crippen molar-refractivity contribution in [3.8, 4) is 0 Å². The molecular formula is C15H20N4. The molecule has 3 rings (SSSR count). The molecule has 0 radical (unpaired) electrons. The van der Waals surface area contributed by atoms with E-state index in [1.54, 1.807) is 0 Å². The highest BCUT2D eigenvalue weighted by atomic mass is 15.2. The highest BCUT2D eigenvalue weighted by Gasteiger charge is 2.21. The number of aliphatic imine (C=N–C) groups is 1. The second kappa shape index (κ2) is 5.34. The topological polar surface area (TPSA) is 52.2 Å². The summed E-state index contributed by atoms with van der Waals surface area (Å²) in [4.78, 5) is 7.67. The molecule has 1 aliphatic rings. The number of guanidine groups is 1. The van der Waals surface area contributed by atoms with Gasteiger partial charge in [-0.15, -0.1) is 0 Å². The SMILES string of the molecule is CN=C(NCCc1cc2ccccc2[nH]1)NC1CC1. The standard InChI is InChI=1S/C15H20N4/c1-16-15(19-12-6-7-12)17-9-8-13-10-11-4-2-3-5-14(11)18-13/h2-5,10,12,18H,6-9H2,1H3,(H2,16,17,19). The number of benzene rings is 1. The third kappa shape index (κ3) is 3.08. The second-order valence-electron chi connectivity index (χ2n) is 5.05. The maximum atomic E-state index is 4.23. The van der Waals surface area contributed by atoms with Crippen molar-refractivity contribution >= 4 is 16.9 Å². The van der Waals surface area contributed by atoms with Crippen molar-refractivity contribution in [3.63, 3.8) is 0 Å². The Balaban J connectivity index is 1.53. The molecule has 2 aromatic rings. The van der Waals surface area contributed by atoms with Crippen molar-refractivity contribution in [2.24, 2.45) is 4.99 Å². The highest BCUT2D eigenvalue weighted by Crippen LogP contribution is 2.18. The number of H-pyrrole nitrogens is 1. The van der Waals surface area contributed by atoms with Crippen LogP contribution in [0.4, 0.5) is 0 Å². The number of rotatable bonds is 4. The third-order valence-electron chi connectivity index (χ3n) is 3.41. The lowest BCUT2D eigenvalue weighted by Gasteiger charge is -2.10. The van der Waals surface area contributed by atoms with Gasteiger partial charge in [-0.2, -0.15) is 0 Å². The number of fused-ring (bicyclic) bond motifs is 1. The Hall–Kier alpha value is -1.97.